The number of methoxy groups -OCH3 is 1. The van der Waals surface area contributed by atoms with Crippen LogP contribution in [0.4, 0.5) is 4.79 Å². The Balaban J connectivity index is 2.00. The third-order valence-electron chi connectivity index (χ3n) is 3.19. The number of carbonyl (C=O) groups excluding carboxylic acids is 1. The number of aryl methyl sites for hydroxylation is 1. The molecule has 0 radical (unpaired) electrons. The highest BCUT2D eigenvalue weighted by Gasteiger charge is 2.20. The summed E-state index contributed by atoms with van der Waals surface area (Å²) in [6.07, 6.45) is 1.70. The third kappa shape index (κ3) is 5.03. The molecule has 8 nitrogen and oxygen atoms in total. The molecule has 8 heteroatoms. The second-order valence-corrected chi connectivity index (χ2v) is 5.09. The van der Waals surface area contributed by atoms with Crippen LogP contribution in [0.25, 0.3) is 0 Å². The summed E-state index contributed by atoms with van der Waals surface area (Å²) in [5.74, 6) is 0.909. The molecule has 2 rings (SSSR count). The fraction of sp³-hybridized carbons (Fsp3) is 0.467. The number of hydrogen-bond acceptors (Lipinski definition) is 6. The SMILES string of the molecule is COCCN(Cc1ccccn1)C(=O)NC(C)c1nc(C)no1. The Kier molecular flexibility index (Phi) is 6.04. The Bertz CT molecular complexity index is 617. The molecule has 124 valence electrons. The molecular weight excluding hydrogens is 298 g/mol. The largest absolute Gasteiger partial charge is 0.383 e. The van der Waals surface area contributed by atoms with Crippen molar-refractivity contribution in [1.29, 1.82) is 0 Å². The van der Waals surface area contributed by atoms with E-state index in [1.54, 1.807) is 32.1 Å². The molecule has 0 spiro atoms. The molecule has 23 heavy (non-hydrogen) atoms. The van der Waals surface area contributed by atoms with E-state index in [1.807, 2.05) is 18.2 Å². The smallest absolute Gasteiger partial charge is 0.318 e. The lowest BCUT2D eigenvalue weighted by Crippen LogP contribution is -2.42. The molecule has 0 fully saturated rings. The first-order valence-electron chi connectivity index (χ1n) is 7.34. The number of nitrogens with zero attached hydrogens (tertiary/aromatic N) is 4. The quantitative estimate of drug-likeness (QED) is 0.835. The van der Waals surface area contributed by atoms with Crippen molar-refractivity contribution in [2.24, 2.45) is 0 Å². The highest BCUT2D eigenvalue weighted by atomic mass is 16.5. The summed E-state index contributed by atoms with van der Waals surface area (Å²) in [5, 5.41) is 6.57. The number of ether oxygens (including phenoxy) is 1. The van der Waals surface area contributed by atoms with Crippen LogP contribution in [0.1, 0.15) is 30.4 Å². The highest BCUT2D eigenvalue weighted by molar-refractivity contribution is 5.74. The van der Waals surface area contributed by atoms with Crippen molar-refractivity contribution in [3.05, 3.63) is 41.8 Å². The van der Waals surface area contributed by atoms with E-state index in [9.17, 15) is 4.79 Å². The molecule has 1 N–H and O–H groups in total. The van der Waals surface area contributed by atoms with Crippen LogP contribution in [-0.2, 0) is 11.3 Å². The van der Waals surface area contributed by atoms with Gasteiger partial charge in [0.1, 0.15) is 6.04 Å². The normalized spacial score (nSPS) is 12.0. The molecule has 2 aromatic heterocycles. The Morgan fingerprint density at radius 2 is 2.30 bits per heavy atom. The van der Waals surface area contributed by atoms with E-state index in [1.165, 1.54) is 0 Å². The van der Waals surface area contributed by atoms with Gasteiger partial charge in [-0.2, -0.15) is 4.98 Å². The van der Waals surface area contributed by atoms with E-state index in [-0.39, 0.29) is 12.1 Å². The first-order valence-corrected chi connectivity index (χ1v) is 7.34. The van der Waals surface area contributed by atoms with Crippen molar-refractivity contribution in [1.82, 2.24) is 25.3 Å². The van der Waals surface area contributed by atoms with Gasteiger partial charge in [0.25, 0.3) is 0 Å². The maximum absolute atomic E-state index is 12.5. The maximum atomic E-state index is 12.5. The van der Waals surface area contributed by atoms with Gasteiger partial charge < -0.3 is 19.5 Å². The molecule has 0 saturated heterocycles. The highest BCUT2D eigenvalue weighted by Crippen LogP contribution is 2.10. The predicted octanol–water partition coefficient (Wildman–Crippen LogP) is 1.69. The minimum atomic E-state index is -0.377. The van der Waals surface area contributed by atoms with Crippen LogP contribution < -0.4 is 5.32 Å². The van der Waals surface area contributed by atoms with Gasteiger partial charge in [-0.1, -0.05) is 11.2 Å². The number of rotatable bonds is 7. The lowest BCUT2D eigenvalue weighted by molar-refractivity contribution is 0.143. The van der Waals surface area contributed by atoms with Crippen molar-refractivity contribution in [2.75, 3.05) is 20.3 Å². The van der Waals surface area contributed by atoms with Crippen LogP contribution >= 0.6 is 0 Å². The number of pyridine rings is 1. The maximum Gasteiger partial charge on any atom is 0.318 e. The predicted molar refractivity (Wildman–Crippen MR) is 82.5 cm³/mol. The zero-order valence-corrected chi connectivity index (χ0v) is 13.5. The fourth-order valence-corrected chi connectivity index (χ4v) is 1.97. The fourth-order valence-electron chi connectivity index (χ4n) is 1.97. The number of aromatic nitrogens is 3. The van der Waals surface area contributed by atoms with Gasteiger partial charge in [-0.25, -0.2) is 4.79 Å². The number of urea groups is 1. The Labute approximate surface area is 134 Å². The monoisotopic (exact) mass is 319 g/mol. The van der Waals surface area contributed by atoms with E-state index in [2.05, 4.69) is 20.4 Å². The van der Waals surface area contributed by atoms with Crippen LogP contribution in [0.15, 0.2) is 28.9 Å². The zero-order valence-electron chi connectivity index (χ0n) is 13.5. The molecule has 1 atom stereocenters. The Hall–Kier alpha value is -2.48. The van der Waals surface area contributed by atoms with E-state index < -0.39 is 0 Å². The molecule has 0 aliphatic carbocycles. The molecule has 2 aromatic rings. The molecule has 0 aliphatic heterocycles. The third-order valence-corrected chi connectivity index (χ3v) is 3.19. The van der Waals surface area contributed by atoms with E-state index in [0.717, 1.165) is 5.69 Å². The van der Waals surface area contributed by atoms with E-state index in [4.69, 9.17) is 9.26 Å². The summed E-state index contributed by atoms with van der Waals surface area (Å²) in [4.78, 5) is 22.5. The van der Waals surface area contributed by atoms with E-state index >= 15 is 0 Å². The van der Waals surface area contributed by atoms with Crippen molar-refractivity contribution >= 4 is 6.03 Å². The minimum Gasteiger partial charge on any atom is -0.383 e. The lowest BCUT2D eigenvalue weighted by atomic mass is 10.3. The number of carbonyl (C=O) groups is 1. The minimum absolute atomic E-state index is 0.240. The van der Waals surface area contributed by atoms with Gasteiger partial charge in [-0.15, -0.1) is 0 Å². The first kappa shape index (κ1) is 16.9. The summed E-state index contributed by atoms with van der Waals surface area (Å²) in [5.41, 5.74) is 0.806. The zero-order chi connectivity index (χ0) is 16.7. The molecule has 2 amide bonds. The van der Waals surface area contributed by atoms with Gasteiger partial charge in [-0.3, -0.25) is 4.98 Å². The average molecular weight is 319 g/mol. The Morgan fingerprint density at radius 1 is 1.48 bits per heavy atom. The van der Waals surface area contributed by atoms with E-state index in [0.29, 0.717) is 31.4 Å². The molecule has 2 heterocycles. The van der Waals surface area contributed by atoms with Gasteiger partial charge in [0.05, 0.1) is 18.8 Å². The second-order valence-electron chi connectivity index (χ2n) is 5.09. The van der Waals surface area contributed by atoms with Crippen molar-refractivity contribution in [3.63, 3.8) is 0 Å². The summed E-state index contributed by atoms with van der Waals surface area (Å²) in [7, 11) is 1.60. The molecule has 0 aromatic carbocycles. The molecule has 0 saturated carbocycles. The first-order chi connectivity index (χ1) is 11.1. The van der Waals surface area contributed by atoms with Crippen LogP contribution in [0.3, 0.4) is 0 Å². The van der Waals surface area contributed by atoms with Gasteiger partial charge in [0.2, 0.25) is 5.89 Å². The van der Waals surface area contributed by atoms with Gasteiger partial charge in [0.15, 0.2) is 5.82 Å². The van der Waals surface area contributed by atoms with Gasteiger partial charge in [0, 0.05) is 19.9 Å². The van der Waals surface area contributed by atoms with Crippen LogP contribution in [-0.4, -0.2) is 46.3 Å². The lowest BCUT2D eigenvalue weighted by Gasteiger charge is -2.23. The van der Waals surface area contributed by atoms with Crippen LogP contribution in [0, 0.1) is 6.92 Å². The van der Waals surface area contributed by atoms with Crippen molar-refractivity contribution in [2.45, 2.75) is 26.4 Å². The molecule has 1 unspecified atom stereocenters. The summed E-state index contributed by atoms with van der Waals surface area (Å²) in [6, 6.07) is 4.98. The number of hydrogen-bond donors (Lipinski definition) is 1. The second kappa shape index (κ2) is 8.23. The van der Waals surface area contributed by atoms with Crippen LogP contribution in [0.5, 0.6) is 0 Å². The van der Waals surface area contributed by atoms with Crippen molar-refractivity contribution < 1.29 is 14.1 Å². The average Bonchev–Trinajstić information content (AvgIpc) is 2.99. The van der Waals surface area contributed by atoms with Gasteiger partial charge >= 0.3 is 6.03 Å². The van der Waals surface area contributed by atoms with Crippen LogP contribution in [0.2, 0.25) is 0 Å². The topological polar surface area (TPSA) is 93.4 Å². The molecular formula is C15H21N5O3. The van der Waals surface area contributed by atoms with Crippen molar-refractivity contribution in [3.8, 4) is 0 Å². The molecule has 0 bridgehead atoms. The summed E-state index contributed by atoms with van der Waals surface area (Å²) in [6.45, 7) is 4.81. The number of amides is 2. The molecule has 0 aliphatic rings. The standard InChI is InChI=1S/C15H21N5O3/c1-11(14-18-12(2)19-23-14)17-15(21)20(8-9-22-3)10-13-6-4-5-7-16-13/h4-7,11H,8-10H2,1-3H3,(H,17,21). The Morgan fingerprint density at radius 3 is 2.91 bits per heavy atom. The number of nitrogens with one attached hydrogen (secondary N) is 1. The van der Waals surface area contributed by atoms with Gasteiger partial charge in [-0.05, 0) is 26.0 Å². The summed E-state index contributed by atoms with van der Waals surface area (Å²) >= 11 is 0. The summed E-state index contributed by atoms with van der Waals surface area (Å²) < 4.78 is 10.1.